The van der Waals surface area contributed by atoms with Crippen LogP contribution < -0.4 is 5.32 Å². The number of rotatable bonds is 5. The molecular formula is C11H19NO3. The largest absolute Gasteiger partial charge is 0.478 e. The Kier molecular flexibility index (Phi) is 5.05. The van der Waals surface area contributed by atoms with E-state index in [4.69, 9.17) is 5.11 Å². The maximum atomic E-state index is 11.2. The summed E-state index contributed by atoms with van der Waals surface area (Å²) in [6.07, 6.45) is 1.86. The Morgan fingerprint density at radius 3 is 2.27 bits per heavy atom. The second kappa shape index (κ2) is 5.53. The minimum atomic E-state index is -1.12. The molecule has 4 heteroatoms. The molecule has 0 aliphatic carbocycles. The molecule has 0 aromatic rings. The molecule has 2 N–H and O–H groups in total. The van der Waals surface area contributed by atoms with E-state index in [9.17, 15) is 9.59 Å². The molecule has 0 aromatic heterocycles. The zero-order valence-corrected chi connectivity index (χ0v) is 9.70. The summed E-state index contributed by atoms with van der Waals surface area (Å²) < 4.78 is 0. The minimum absolute atomic E-state index is 0.00667. The van der Waals surface area contributed by atoms with E-state index >= 15 is 0 Å². The van der Waals surface area contributed by atoms with E-state index in [-0.39, 0.29) is 11.3 Å². The van der Waals surface area contributed by atoms with Crippen LogP contribution in [0.25, 0.3) is 0 Å². The molecule has 15 heavy (non-hydrogen) atoms. The summed E-state index contributed by atoms with van der Waals surface area (Å²) in [6.45, 7) is 8.81. The van der Waals surface area contributed by atoms with Crippen LogP contribution in [0.1, 0.15) is 27.7 Å². The maximum absolute atomic E-state index is 11.2. The molecule has 0 radical (unpaired) electrons. The van der Waals surface area contributed by atoms with Gasteiger partial charge >= 0.3 is 5.97 Å². The van der Waals surface area contributed by atoms with Crippen molar-refractivity contribution >= 4 is 11.9 Å². The van der Waals surface area contributed by atoms with Crippen molar-refractivity contribution in [1.29, 1.82) is 0 Å². The fraction of sp³-hybridized carbons (Fsp3) is 0.636. The quantitative estimate of drug-likeness (QED) is 0.679. The first kappa shape index (κ1) is 13.7. The predicted molar refractivity (Wildman–Crippen MR) is 58.4 cm³/mol. The molecule has 0 unspecified atom stereocenters. The number of hydrogen-bond donors (Lipinski definition) is 2. The number of carbonyl (C=O) groups excluding carboxylic acids is 1. The lowest BCUT2D eigenvalue weighted by molar-refractivity contribution is -0.131. The number of aliphatic carboxylic acids is 1. The Hall–Kier alpha value is -1.32. The van der Waals surface area contributed by atoms with E-state index in [0.29, 0.717) is 12.5 Å². The summed E-state index contributed by atoms with van der Waals surface area (Å²) in [5, 5.41) is 11.0. The minimum Gasteiger partial charge on any atom is -0.478 e. The van der Waals surface area contributed by atoms with Crippen LogP contribution in [0.4, 0.5) is 0 Å². The zero-order valence-electron chi connectivity index (χ0n) is 9.70. The first-order valence-electron chi connectivity index (χ1n) is 4.94. The van der Waals surface area contributed by atoms with Crippen LogP contribution in [0.5, 0.6) is 0 Å². The lowest BCUT2D eigenvalue weighted by Crippen LogP contribution is -2.36. The summed E-state index contributed by atoms with van der Waals surface area (Å²) >= 11 is 0. The fourth-order valence-electron chi connectivity index (χ4n) is 0.725. The molecule has 0 aromatic carbocycles. The normalized spacial score (nSPS) is 12.1. The number of carboxylic acid groups (broad SMARTS) is 1. The van der Waals surface area contributed by atoms with Gasteiger partial charge in [-0.05, 0) is 11.3 Å². The van der Waals surface area contributed by atoms with Gasteiger partial charge in [0.1, 0.15) is 0 Å². The first-order chi connectivity index (χ1) is 6.75. The molecule has 0 saturated heterocycles. The average Bonchev–Trinajstić information content (AvgIpc) is 2.11. The van der Waals surface area contributed by atoms with Crippen molar-refractivity contribution in [3.8, 4) is 0 Å². The van der Waals surface area contributed by atoms with Crippen LogP contribution >= 0.6 is 0 Å². The second-order valence-electron chi connectivity index (χ2n) is 4.53. The molecule has 0 saturated carbocycles. The molecule has 1 amide bonds. The summed E-state index contributed by atoms with van der Waals surface area (Å²) in [4.78, 5) is 21.3. The topological polar surface area (TPSA) is 66.4 Å². The van der Waals surface area contributed by atoms with Gasteiger partial charge in [-0.15, -0.1) is 0 Å². The van der Waals surface area contributed by atoms with E-state index < -0.39 is 5.97 Å². The van der Waals surface area contributed by atoms with Gasteiger partial charge < -0.3 is 10.4 Å². The van der Waals surface area contributed by atoms with Crippen LogP contribution in [0.2, 0.25) is 0 Å². The molecule has 0 rings (SSSR count). The third-order valence-electron chi connectivity index (χ3n) is 2.66. The van der Waals surface area contributed by atoms with Gasteiger partial charge in [-0.2, -0.15) is 0 Å². The van der Waals surface area contributed by atoms with Crippen molar-refractivity contribution in [2.75, 3.05) is 6.54 Å². The Labute approximate surface area is 90.4 Å². The first-order valence-corrected chi connectivity index (χ1v) is 4.94. The van der Waals surface area contributed by atoms with E-state index in [1.165, 1.54) is 0 Å². The number of hydrogen-bond acceptors (Lipinski definition) is 2. The zero-order chi connectivity index (χ0) is 12.1. The van der Waals surface area contributed by atoms with E-state index in [1.807, 2.05) is 0 Å². The lowest BCUT2D eigenvalue weighted by Gasteiger charge is -2.29. The van der Waals surface area contributed by atoms with Gasteiger partial charge in [0, 0.05) is 18.7 Å². The Bertz CT molecular complexity index is 267. The predicted octanol–water partition coefficient (Wildman–Crippen LogP) is 1.43. The highest BCUT2D eigenvalue weighted by Gasteiger charge is 2.22. The molecule has 0 fully saturated rings. The molecule has 0 atom stereocenters. The van der Waals surface area contributed by atoms with Crippen LogP contribution in [0.3, 0.4) is 0 Å². The summed E-state index contributed by atoms with van der Waals surface area (Å²) in [6, 6.07) is 0. The van der Waals surface area contributed by atoms with Gasteiger partial charge in [-0.25, -0.2) is 4.79 Å². The Morgan fingerprint density at radius 1 is 1.33 bits per heavy atom. The van der Waals surface area contributed by atoms with Gasteiger partial charge in [0.05, 0.1) is 0 Å². The van der Waals surface area contributed by atoms with Crippen molar-refractivity contribution in [2.24, 2.45) is 11.3 Å². The third kappa shape index (κ3) is 5.88. The van der Waals surface area contributed by atoms with Crippen LogP contribution in [0, 0.1) is 11.3 Å². The molecule has 0 heterocycles. The van der Waals surface area contributed by atoms with Gasteiger partial charge in [0.15, 0.2) is 0 Å². The fourth-order valence-corrected chi connectivity index (χ4v) is 0.725. The highest BCUT2D eigenvalue weighted by Crippen LogP contribution is 2.24. The number of carbonyl (C=O) groups is 2. The number of amides is 1. The summed E-state index contributed by atoms with van der Waals surface area (Å²) in [7, 11) is 0. The van der Waals surface area contributed by atoms with Crippen molar-refractivity contribution in [3.63, 3.8) is 0 Å². The van der Waals surface area contributed by atoms with Crippen LogP contribution in [-0.2, 0) is 9.59 Å². The molecule has 86 valence electrons. The molecule has 0 spiro atoms. The Balaban J connectivity index is 4.06. The van der Waals surface area contributed by atoms with Gasteiger partial charge in [-0.1, -0.05) is 27.7 Å². The molecular weight excluding hydrogens is 194 g/mol. The highest BCUT2D eigenvalue weighted by atomic mass is 16.4. The summed E-state index contributed by atoms with van der Waals surface area (Å²) in [5.74, 6) is -1.04. The van der Waals surface area contributed by atoms with Crippen molar-refractivity contribution < 1.29 is 14.7 Å². The molecule has 0 aliphatic heterocycles. The monoisotopic (exact) mass is 213 g/mol. The smallest absolute Gasteiger partial charge is 0.328 e. The number of nitrogens with one attached hydrogen (secondary N) is 1. The number of carboxylic acids is 1. The second-order valence-corrected chi connectivity index (χ2v) is 4.53. The molecule has 4 nitrogen and oxygen atoms in total. The summed E-state index contributed by atoms with van der Waals surface area (Å²) in [5.41, 5.74) is 0.00667. The lowest BCUT2D eigenvalue weighted by atomic mass is 9.81. The third-order valence-corrected chi connectivity index (χ3v) is 2.66. The van der Waals surface area contributed by atoms with Crippen molar-refractivity contribution in [3.05, 3.63) is 12.2 Å². The van der Waals surface area contributed by atoms with Crippen molar-refractivity contribution in [1.82, 2.24) is 5.32 Å². The highest BCUT2D eigenvalue weighted by molar-refractivity contribution is 5.93. The van der Waals surface area contributed by atoms with Gasteiger partial charge in [-0.3, -0.25) is 4.79 Å². The van der Waals surface area contributed by atoms with Gasteiger partial charge in [0.2, 0.25) is 5.91 Å². The van der Waals surface area contributed by atoms with Gasteiger partial charge in [0.25, 0.3) is 0 Å². The van der Waals surface area contributed by atoms with Crippen molar-refractivity contribution in [2.45, 2.75) is 27.7 Å². The SMILES string of the molecule is CC(C)C(C)(C)CNC(=O)/C=C/C(=O)O. The van der Waals surface area contributed by atoms with E-state index in [1.54, 1.807) is 0 Å². The maximum Gasteiger partial charge on any atom is 0.328 e. The molecule has 0 aliphatic rings. The van der Waals surface area contributed by atoms with Crippen LogP contribution in [-0.4, -0.2) is 23.5 Å². The van der Waals surface area contributed by atoms with E-state index in [2.05, 4.69) is 33.0 Å². The molecule has 0 bridgehead atoms. The average molecular weight is 213 g/mol. The Morgan fingerprint density at radius 2 is 1.87 bits per heavy atom. The van der Waals surface area contributed by atoms with E-state index in [0.717, 1.165) is 12.2 Å². The standard InChI is InChI=1S/C11H19NO3/c1-8(2)11(3,4)7-12-9(13)5-6-10(14)15/h5-6,8H,7H2,1-4H3,(H,12,13)(H,14,15)/b6-5+. The van der Waals surface area contributed by atoms with Crippen LogP contribution in [0.15, 0.2) is 12.2 Å².